The van der Waals surface area contributed by atoms with Crippen molar-refractivity contribution in [3.63, 3.8) is 0 Å². The molecule has 0 amide bonds. The molecular formula is C11H14FNOS. The highest BCUT2D eigenvalue weighted by Crippen LogP contribution is 2.28. The van der Waals surface area contributed by atoms with E-state index < -0.39 is 0 Å². The van der Waals surface area contributed by atoms with Crippen molar-refractivity contribution in [2.24, 2.45) is 5.73 Å². The molecule has 1 fully saturated rings. The van der Waals surface area contributed by atoms with Crippen LogP contribution in [0.5, 0.6) is 0 Å². The lowest BCUT2D eigenvalue weighted by Crippen LogP contribution is -2.40. The third-order valence-corrected chi connectivity index (χ3v) is 3.79. The van der Waals surface area contributed by atoms with E-state index in [4.69, 9.17) is 10.5 Å². The van der Waals surface area contributed by atoms with Gasteiger partial charge in [0.1, 0.15) is 5.82 Å². The molecule has 1 aromatic rings. The molecule has 2 atom stereocenters. The summed E-state index contributed by atoms with van der Waals surface area (Å²) in [6, 6.07) is 6.67. The van der Waals surface area contributed by atoms with Gasteiger partial charge in [-0.2, -0.15) is 0 Å². The number of halogens is 1. The van der Waals surface area contributed by atoms with E-state index in [1.54, 1.807) is 23.9 Å². The first-order chi connectivity index (χ1) is 7.25. The Kier molecular flexibility index (Phi) is 3.61. The maximum atomic E-state index is 12.7. The number of nitrogens with two attached hydrogens (primary N) is 1. The molecule has 1 aliphatic rings. The molecule has 0 aromatic heterocycles. The Hall–Kier alpha value is -0.580. The Morgan fingerprint density at radius 3 is 2.73 bits per heavy atom. The van der Waals surface area contributed by atoms with E-state index in [1.165, 1.54) is 12.1 Å². The Bertz CT molecular complexity index is 317. The fraction of sp³-hybridized carbons (Fsp3) is 0.455. The van der Waals surface area contributed by atoms with Crippen LogP contribution in [-0.2, 0) is 4.74 Å². The van der Waals surface area contributed by atoms with Gasteiger partial charge in [0.25, 0.3) is 0 Å². The number of ether oxygens (including phenoxy) is 1. The lowest BCUT2D eigenvalue weighted by atomic mass is 10.1. The normalized spacial score (nSPS) is 26.5. The average Bonchev–Trinajstić information content (AvgIpc) is 2.25. The lowest BCUT2D eigenvalue weighted by molar-refractivity contribution is 0.0916. The number of rotatable bonds is 2. The van der Waals surface area contributed by atoms with Crippen LogP contribution in [-0.4, -0.2) is 24.5 Å². The van der Waals surface area contributed by atoms with Crippen molar-refractivity contribution in [1.82, 2.24) is 0 Å². The highest BCUT2D eigenvalue weighted by atomic mass is 32.2. The molecule has 0 saturated carbocycles. The summed E-state index contributed by atoms with van der Waals surface area (Å²) >= 11 is 1.66. The van der Waals surface area contributed by atoms with Crippen molar-refractivity contribution in [3.05, 3.63) is 30.1 Å². The zero-order valence-corrected chi connectivity index (χ0v) is 9.17. The van der Waals surface area contributed by atoms with Gasteiger partial charge in [0.05, 0.1) is 6.61 Å². The highest BCUT2D eigenvalue weighted by molar-refractivity contribution is 8.00. The largest absolute Gasteiger partial charge is 0.380 e. The minimum atomic E-state index is -0.205. The number of thioether (sulfide) groups is 1. The molecule has 1 heterocycles. The zero-order valence-electron chi connectivity index (χ0n) is 8.36. The van der Waals surface area contributed by atoms with E-state index in [1.807, 2.05) is 0 Å². The molecule has 0 radical (unpaired) electrons. The smallest absolute Gasteiger partial charge is 0.123 e. The van der Waals surface area contributed by atoms with Crippen molar-refractivity contribution in [3.8, 4) is 0 Å². The summed E-state index contributed by atoms with van der Waals surface area (Å²) in [7, 11) is 0. The van der Waals surface area contributed by atoms with Crippen LogP contribution in [0.2, 0.25) is 0 Å². The van der Waals surface area contributed by atoms with Crippen molar-refractivity contribution in [2.75, 3.05) is 13.2 Å². The maximum absolute atomic E-state index is 12.7. The van der Waals surface area contributed by atoms with Gasteiger partial charge in [-0.3, -0.25) is 0 Å². The van der Waals surface area contributed by atoms with Crippen molar-refractivity contribution in [2.45, 2.75) is 22.6 Å². The highest BCUT2D eigenvalue weighted by Gasteiger charge is 2.23. The first kappa shape index (κ1) is 10.9. The van der Waals surface area contributed by atoms with Gasteiger partial charge in [0.2, 0.25) is 0 Å². The Morgan fingerprint density at radius 2 is 2.07 bits per heavy atom. The van der Waals surface area contributed by atoms with Crippen LogP contribution in [0.15, 0.2) is 29.2 Å². The quantitative estimate of drug-likeness (QED) is 0.839. The first-order valence-corrected chi connectivity index (χ1v) is 5.89. The molecule has 82 valence electrons. The Labute approximate surface area is 93.0 Å². The van der Waals surface area contributed by atoms with Crippen molar-refractivity contribution >= 4 is 11.8 Å². The summed E-state index contributed by atoms with van der Waals surface area (Å²) in [6.07, 6.45) is 0.902. The SMILES string of the molecule is NC1CCOCC1Sc1ccc(F)cc1. The zero-order chi connectivity index (χ0) is 10.7. The van der Waals surface area contributed by atoms with Crippen molar-refractivity contribution in [1.29, 1.82) is 0 Å². The fourth-order valence-corrected chi connectivity index (χ4v) is 2.66. The van der Waals surface area contributed by atoms with Gasteiger partial charge in [-0.1, -0.05) is 0 Å². The fourth-order valence-electron chi connectivity index (χ4n) is 1.54. The van der Waals surface area contributed by atoms with Crippen LogP contribution >= 0.6 is 11.8 Å². The summed E-state index contributed by atoms with van der Waals surface area (Å²) in [4.78, 5) is 1.04. The molecule has 1 aromatic carbocycles. The lowest BCUT2D eigenvalue weighted by Gasteiger charge is -2.28. The predicted molar refractivity (Wildman–Crippen MR) is 59.5 cm³/mol. The second-order valence-corrected chi connectivity index (χ2v) is 4.95. The summed E-state index contributed by atoms with van der Waals surface area (Å²) in [6.45, 7) is 1.44. The summed E-state index contributed by atoms with van der Waals surface area (Å²) < 4.78 is 18.1. The average molecular weight is 227 g/mol. The van der Waals surface area contributed by atoms with E-state index in [0.717, 1.165) is 17.9 Å². The monoisotopic (exact) mass is 227 g/mol. The molecule has 1 aliphatic heterocycles. The molecular weight excluding hydrogens is 213 g/mol. The van der Waals surface area contributed by atoms with E-state index >= 15 is 0 Å². The van der Waals surface area contributed by atoms with Crippen LogP contribution in [0.3, 0.4) is 0 Å². The number of hydrogen-bond acceptors (Lipinski definition) is 3. The molecule has 2 N–H and O–H groups in total. The third kappa shape index (κ3) is 2.93. The number of benzene rings is 1. The molecule has 15 heavy (non-hydrogen) atoms. The van der Waals surface area contributed by atoms with E-state index in [9.17, 15) is 4.39 Å². The molecule has 0 bridgehead atoms. The van der Waals surface area contributed by atoms with Gasteiger partial charge >= 0.3 is 0 Å². The summed E-state index contributed by atoms with van der Waals surface area (Å²) in [5, 5.41) is 0.282. The second kappa shape index (κ2) is 4.96. The van der Waals surface area contributed by atoms with Crippen LogP contribution in [0.1, 0.15) is 6.42 Å². The first-order valence-electron chi connectivity index (χ1n) is 5.01. The Balaban J connectivity index is 1.98. The summed E-state index contributed by atoms with van der Waals surface area (Å²) in [5.41, 5.74) is 5.98. The number of hydrogen-bond donors (Lipinski definition) is 1. The molecule has 0 aliphatic carbocycles. The van der Waals surface area contributed by atoms with Crippen LogP contribution < -0.4 is 5.73 Å². The van der Waals surface area contributed by atoms with Crippen LogP contribution in [0, 0.1) is 5.82 Å². The third-order valence-electron chi connectivity index (χ3n) is 2.46. The molecule has 2 rings (SSSR count). The van der Waals surface area contributed by atoms with E-state index in [2.05, 4.69) is 0 Å². The molecule has 2 unspecified atom stereocenters. The van der Waals surface area contributed by atoms with Gasteiger partial charge in [-0.05, 0) is 30.7 Å². The maximum Gasteiger partial charge on any atom is 0.123 e. The summed E-state index contributed by atoms with van der Waals surface area (Å²) in [5.74, 6) is -0.205. The van der Waals surface area contributed by atoms with Gasteiger partial charge in [-0.15, -0.1) is 11.8 Å². The predicted octanol–water partition coefficient (Wildman–Crippen LogP) is 2.03. The van der Waals surface area contributed by atoms with Crippen molar-refractivity contribution < 1.29 is 9.13 Å². The van der Waals surface area contributed by atoms with E-state index in [-0.39, 0.29) is 17.1 Å². The second-order valence-electron chi connectivity index (χ2n) is 3.64. The van der Waals surface area contributed by atoms with Gasteiger partial charge < -0.3 is 10.5 Å². The van der Waals surface area contributed by atoms with Gasteiger partial charge in [-0.25, -0.2) is 4.39 Å². The van der Waals surface area contributed by atoms with E-state index in [0.29, 0.717) is 6.61 Å². The molecule has 0 spiro atoms. The molecule has 1 saturated heterocycles. The van der Waals surface area contributed by atoms with Gasteiger partial charge in [0.15, 0.2) is 0 Å². The minimum Gasteiger partial charge on any atom is -0.380 e. The molecule has 4 heteroatoms. The topological polar surface area (TPSA) is 35.2 Å². The van der Waals surface area contributed by atoms with Crippen LogP contribution in [0.4, 0.5) is 4.39 Å². The molecule has 2 nitrogen and oxygen atoms in total. The van der Waals surface area contributed by atoms with Gasteiger partial charge in [0, 0.05) is 22.8 Å². The standard InChI is InChI=1S/C11H14FNOS/c12-8-1-3-9(4-2-8)15-11-7-14-6-5-10(11)13/h1-4,10-11H,5-7,13H2. The minimum absolute atomic E-state index is 0.175. The Morgan fingerprint density at radius 1 is 1.33 bits per heavy atom. The van der Waals surface area contributed by atoms with Crippen LogP contribution in [0.25, 0.3) is 0 Å².